The van der Waals surface area contributed by atoms with Gasteiger partial charge in [0.15, 0.2) is 10.8 Å². The molecule has 4 aromatic rings. The number of rotatable bonds is 6. The zero-order valence-electron chi connectivity index (χ0n) is 20.2. The van der Waals surface area contributed by atoms with Crippen LogP contribution in [0.4, 0.5) is 18.9 Å². The number of aromatic nitrogens is 3. The maximum Gasteiger partial charge on any atom is 0.417 e. The lowest BCUT2D eigenvalue weighted by Gasteiger charge is -2.12. The third kappa shape index (κ3) is 7.79. The number of carbonyl (C=O) groups is 2. The predicted molar refractivity (Wildman–Crippen MR) is 144 cm³/mol. The number of halogens is 4. The molecule has 0 spiro atoms. The van der Waals surface area contributed by atoms with E-state index in [-0.39, 0.29) is 33.5 Å². The van der Waals surface area contributed by atoms with Gasteiger partial charge in [0.05, 0.1) is 38.5 Å². The SMILES string of the molecule is CN(C)C=O.N#Cc1ccc(Cl)cc1NC(=O)CSc1nc2nc(-c3cccs3)cc(C(F)(F)F)c2c(=O)[nH]1. The number of thiophene rings is 1. The minimum absolute atomic E-state index is 0.0339. The molecule has 2 N–H and O–H groups in total. The Morgan fingerprint density at radius 3 is 2.59 bits per heavy atom. The minimum Gasteiger partial charge on any atom is -0.351 e. The fraction of sp³-hybridized carbons (Fsp3) is 0.167. The van der Waals surface area contributed by atoms with E-state index in [1.54, 1.807) is 31.6 Å². The van der Waals surface area contributed by atoms with Gasteiger partial charge in [0.2, 0.25) is 12.3 Å². The number of nitriles is 1. The molecule has 0 saturated carbocycles. The quantitative estimate of drug-likeness (QED) is 0.182. The van der Waals surface area contributed by atoms with Gasteiger partial charge in [-0.15, -0.1) is 11.3 Å². The number of anilines is 1. The number of thioether (sulfide) groups is 1. The summed E-state index contributed by atoms with van der Waals surface area (Å²) in [6.45, 7) is 0. The Bertz CT molecular complexity index is 1600. The summed E-state index contributed by atoms with van der Waals surface area (Å²) >= 11 is 7.89. The molecule has 0 saturated heterocycles. The Labute approximate surface area is 232 Å². The second-order valence-corrected chi connectivity index (χ2v) is 10.2. The first-order valence-corrected chi connectivity index (χ1v) is 13.0. The van der Waals surface area contributed by atoms with Crippen LogP contribution in [0.1, 0.15) is 11.1 Å². The van der Waals surface area contributed by atoms with Crippen molar-refractivity contribution in [3.05, 3.63) is 68.3 Å². The van der Waals surface area contributed by atoms with Crippen LogP contribution in [-0.4, -0.2) is 52.0 Å². The molecular formula is C24H18ClF3N6O3S2. The molecule has 15 heteroatoms. The summed E-state index contributed by atoms with van der Waals surface area (Å²) in [5.74, 6) is -0.787. The zero-order valence-corrected chi connectivity index (χ0v) is 22.6. The van der Waals surface area contributed by atoms with Crippen molar-refractivity contribution in [3.63, 3.8) is 0 Å². The first kappa shape index (κ1) is 29.6. The van der Waals surface area contributed by atoms with Crippen molar-refractivity contribution in [1.29, 1.82) is 5.26 Å². The van der Waals surface area contributed by atoms with Crippen molar-refractivity contribution in [1.82, 2.24) is 19.9 Å². The van der Waals surface area contributed by atoms with Gasteiger partial charge in [0.25, 0.3) is 5.56 Å². The molecule has 0 radical (unpaired) electrons. The average molecular weight is 595 g/mol. The average Bonchev–Trinajstić information content (AvgIpc) is 3.42. The van der Waals surface area contributed by atoms with Crippen LogP contribution in [0.15, 0.2) is 51.7 Å². The van der Waals surface area contributed by atoms with E-state index in [2.05, 4.69) is 20.3 Å². The van der Waals surface area contributed by atoms with Gasteiger partial charge < -0.3 is 15.2 Å². The standard InChI is InChI=1S/C21H11ClF3N5O2S2.C3H7NO/c22-11-4-3-10(8-26)13(6-11)27-16(31)9-34-20-29-18-17(19(32)30-20)12(21(23,24)25)7-14(28-18)15-2-1-5-33-15;1-4(2)3-5/h1-7H,9H2,(H,27,31)(H,28,29,30,32);3H,1-2H3. The fourth-order valence-corrected chi connectivity index (χ4v) is 4.51. The molecule has 9 nitrogen and oxygen atoms in total. The van der Waals surface area contributed by atoms with Crippen molar-refractivity contribution in [2.45, 2.75) is 11.3 Å². The van der Waals surface area contributed by atoms with Crippen molar-refractivity contribution in [3.8, 4) is 16.6 Å². The summed E-state index contributed by atoms with van der Waals surface area (Å²) in [6.07, 6.45) is -4.05. The van der Waals surface area contributed by atoms with Crippen LogP contribution >= 0.6 is 34.7 Å². The largest absolute Gasteiger partial charge is 0.417 e. The third-order valence-electron chi connectivity index (χ3n) is 4.66. The van der Waals surface area contributed by atoms with E-state index < -0.39 is 28.6 Å². The predicted octanol–water partition coefficient (Wildman–Crippen LogP) is 5.03. The zero-order chi connectivity index (χ0) is 28.7. The molecule has 0 atom stereocenters. The highest BCUT2D eigenvalue weighted by molar-refractivity contribution is 7.99. The first-order chi connectivity index (χ1) is 18.4. The van der Waals surface area contributed by atoms with Crippen molar-refractivity contribution < 1.29 is 22.8 Å². The summed E-state index contributed by atoms with van der Waals surface area (Å²) in [7, 11) is 3.38. The molecule has 3 aromatic heterocycles. The van der Waals surface area contributed by atoms with E-state index in [4.69, 9.17) is 16.9 Å². The number of fused-ring (bicyclic) bond motifs is 1. The van der Waals surface area contributed by atoms with Crippen LogP contribution in [-0.2, 0) is 15.8 Å². The lowest BCUT2D eigenvalue weighted by atomic mass is 10.1. The van der Waals surface area contributed by atoms with E-state index in [1.807, 2.05) is 6.07 Å². The van der Waals surface area contributed by atoms with E-state index in [0.29, 0.717) is 9.90 Å². The Hall–Kier alpha value is -3.93. The van der Waals surface area contributed by atoms with Gasteiger partial charge in [0, 0.05) is 19.1 Å². The van der Waals surface area contributed by atoms with Crippen LogP contribution < -0.4 is 10.9 Å². The maximum absolute atomic E-state index is 13.7. The number of H-pyrrole nitrogens is 1. The van der Waals surface area contributed by atoms with Crippen LogP contribution in [0.25, 0.3) is 21.6 Å². The number of pyridine rings is 1. The summed E-state index contributed by atoms with van der Waals surface area (Å²) in [5, 5.41) is 12.9. The monoisotopic (exact) mass is 594 g/mol. The van der Waals surface area contributed by atoms with Crippen LogP contribution in [0.3, 0.4) is 0 Å². The highest BCUT2D eigenvalue weighted by Gasteiger charge is 2.35. The van der Waals surface area contributed by atoms with Gasteiger partial charge in [0.1, 0.15) is 6.07 Å². The molecule has 0 unspecified atom stereocenters. The highest BCUT2D eigenvalue weighted by atomic mass is 35.5. The molecule has 0 aliphatic carbocycles. The third-order valence-corrected chi connectivity index (χ3v) is 6.66. The summed E-state index contributed by atoms with van der Waals surface area (Å²) in [4.78, 5) is 46.7. The van der Waals surface area contributed by atoms with E-state index >= 15 is 0 Å². The second kappa shape index (κ2) is 12.7. The highest BCUT2D eigenvalue weighted by Crippen LogP contribution is 2.36. The molecule has 1 aromatic carbocycles. The number of aromatic amines is 1. The van der Waals surface area contributed by atoms with Crippen molar-refractivity contribution in [2.24, 2.45) is 0 Å². The number of carbonyl (C=O) groups excluding carboxylic acids is 2. The van der Waals surface area contributed by atoms with Gasteiger partial charge in [-0.2, -0.15) is 18.4 Å². The van der Waals surface area contributed by atoms with Gasteiger partial charge >= 0.3 is 6.18 Å². The Morgan fingerprint density at radius 2 is 2.00 bits per heavy atom. The van der Waals surface area contributed by atoms with Crippen molar-refractivity contribution >= 4 is 63.7 Å². The molecular weight excluding hydrogens is 577 g/mol. The number of hydrogen-bond donors (Lipinski definition) is 2. The minimum atomic E-state index is -4.80. The van der Waals surface area contributed by atoms with E-state index in [1.165, 1.54) is 34.4 Å². The Balaban J connectivity index is 0.000000771. The second-order valence-electron chi connectivity index (χ2n) is 7.81. The van der Waals surface area contributed by atoms with E-state index in [9.17, 15) is 27.6 Å². The number of nitrogens with one attached hydrogen (secondary N) is 2. The fourth-order valence-electron chi connectivity index (χ4n) is 3.00. The number of amides is 2. The lowest BCUT2D eigenvalue weighted by Crippen LogP contribution is -2.19. The van der Waals surface area contributed by atoms with Crippen molar-refractivity contribution in [2.75, 3.05) is 25.2 Å². The van der Waals surface area contributed by atoms with Crippen LogP contribution in [0.2, 0.25) is 5.02 Å². The lowest BCUT2D eigenvalue weighted by molar-refractivity contribution is -0.136. The summed E-state index contributed by atoms with van der Waals surface area (Å²) in [5.41, 5.74) is -2.11. The molecule has 0 aliphatic rings. The molecule has 4 rings (SSSR count). The molecule has 0 bridgehead atoms. The van der Waals surface area contributed by atoms with Gasteiger partial charge in [-0.3, -0.25) is 14.4 Å². The first-order valence-electron chi connectivity index (χ1n) is 10.7. The van der Waals surface area contributed by atoms with Crippen LogP contribution in [0.5, 0.6) is 0 Å². The Kier molecular flexibility index (Phi) is 9.68. The van der Waals surface area contributed by atoms with Crippen LogP contribution in [0, 0.1) is 11.3 Å². The number of hydrogen-bond acceptors (Lipinski definition) is 8. The molecule has 2 amide bonds. The number of nitrogens with zero attached hydrogens (tertiary/aromatic N) is 4. The molecule has 0 aliphatic heterocycles. The normalized spacial score (nSPS) is 10.8. The Morgan fingerprint density at radius 1 is 1.28 bits per heavy atom. The smallest absolute Gasteiger partial charge is 0.351 e. The van der Waals surface area contributed by atoms with Gasteiger partial charge in [-0.25, -0.2) is 9.97 Å². The molecule has 202 valence electrons. The number of alkyl halides is 3. The summed E-state index contributed by atoms with van der Waals surface area (Å²) < 4.78 is 41.0. The molecule has 0 fully saturated rings. The molecule has 3 heterocycles. The number of benzene rings is 1. The topological polar surface area (TPSA) is 132 Å². The maximum atomic E-state index is 13.7. The summed E-state index contributed by atoms with van der Waals surface area (Å²) in [6, 6.07) is 10.4. The van der Waals surface area contributed by atoms with E-state index in [0.717, 1.165) is 24.2 Å². The molecule has 39 heavy (non-hydrogen) atoms. The van der Waals surface area contributed by atoms with Gasteiger partial charge in [-0.05, 0) is 35.7 Å². The van der Waals surface area contributed by atoms with Gasteiger partial charge in [-0.1, -0.05) is 29.4 Å².